The van der Waals surface area contributed by atoms with E-state index < -0.39 is 0 Å². The van der Waals surface area contributed by atoms with Crippen LogP contribution in [0.4, 0.5) is 5.13 Å². The number of hydrogen-bond acceptors (Lipinski definition) is 6. The van der Waals surface area contributed by atoms with Gasteiger partial charge in [0.25, 0.3) is 0 Å². The maximum atomic E-state index is 12.4. The Balaban J connectivity index is 1.63. The van der Waals surface area contributed by atoms with Gasteiger partial charge in [-0.15, -0.1) is 10.2 Å². The Hall–Kier alpha value is -2.49. The van der Waals surface area contributed by atoms with Crippen LogP contribution in [0.25, 0.3) is 16.9 Å². The molecule has 152 valence electrons. The normalized spacial score (nSPS) is 10.9. The summed E-state index contributed by atoms with van der Waals surface area (Å²) in [6.07, 6.45) is 1.85. The van der Waals surface area contributed by atoms with Crippen LogP contribution in [-0.4, -0.2) is 31.4 Å². The van der Waals surface area contributed by atoms with Gasteiger partial charge in [-0.2, -0.15) is 0 Å². The molecule has 0 aliphatic carbocycles. The first-order chi connectivity index (χ1) is 14.5. The lowest BCUT2D eigenvalue weighted by atomic mass is 10.1. The summed E-state index contributed by atoms with van der Waals surface area (Å²) in [4.78, 5) is 17.0. The summed E-state index contributed by atoms with van der Waals surface area (Å²) in [7, 11) is 0. The van der Waals surface area contributed by atoms with E-state index in [9.17, 15) is 4.79 Å². The topological polar surface area (TPSA) is 72.7 Å². The Morgan fingerprint density at radius 2 is 1.90 bits per heavy atom. The molecule has 2 heterocycles. The number of rotatable bonds is 6. The van der Waals surface area contributed by atoms with Gasteiger partial charge in [-0.1, -0.05) is 69.4 Å². The number of anilines is 1. The molecule has 2 aromatic carbocycles. The van der Waals surface area contributed by atoms with Crippen molar-refractivity contribution in [1.29, 1.82) is 0 Å². The van der Waals surface area contributed by atoms with Crippen LogP contribution in [0.15, 0.2) is 64.4 Å². The SMILES string of the molecule is Cc1nnc(NC(=O)CSc2ncc(-c3ccc(Br)cc3)n2-c2ccccc2C)s1. The van der Waals surface area contributed by atoms with E-state index in [1.54, 1.807) is 0 Å². The number of aryl methyl sites for hydroxylation is 2. The lowest BCUT2D eigenvalue weighted by Gasteiger charge is -2.14. The smallest absolute Gasteiger partial charge is 0.236 e. The Morgan fingerprint density at radius 1 is 1.13 bits per heavy atom. The number of nitrogens with one attached hydrogen (secondary N) is 1. The molecule has 6 nitrogen and oxygen atoms in total. The molecule has 4 aromatic rings. The zero-order chi connectivity index (χ0) is 21.1. The van der Waals surface area contributed by atoms with Crippen LogP contribution in [-0.2, 0) is 4.79 Å². The summed E-state index contributed by atoms with van der Waals surface area (Å²) in [5, 5.41) is 12.7. The molecular weight excluding hydrogens is 482 g/mol. The van der Waals surface area contributed by atoms with Crippen molar-refractivity contribution in [3.8, 4) is 16.9 Å². The van der Waals surface area contributed by atoms with Gasteiger partial charge in [0.1, 0.15) is 5.01 Å². The zero-order valence-electron chi connectivity index (χ0n) is 16.3. The van der Waals surface area contributed by atoms with Crippen molar-refractivity contribution in [3.05, 3.63) is 69.8 Å². The molecule has 1 amide bonds. The van der Waals surface area contributed by atoms with Crippen molar-refractivity contribution < 1.29 is 4.79 Å². The number of imidazole rings is 1. The molecule has 0 atom stereocenters. The van der Waals surface area contributed by atoms with Crippen LogP contribution in [0, 0.1) is 13.8 Å². The van der Waals surface area contributed by atoms with Gasteiger partial charge in [-0.3, -0.25) is 14.7 Å². The number of thioether (sulfide) groups is 1. The number of hydrogen-bond donors (Lipinski definition) is 1. The highest BCUT2D eigenvalue weighted by Gasteiger charge is 2.17. The highest BCUT2D eigenvalue weighted by atomic mass is 79.9. The Labute approximate surface area is 190 Å². The molecule has 0 radical (unpaired) electrons. The predicted octanol–water partition coefficient (Wildman–Crippen LogP) is 5.50. The van der Waals surface area contributed by atoms with Gasteiger partial charge < -0.3 is 0 Å². The third-order valence-corrected chi connectivity index (χ3v) is 6.57. The Kier molecular flexibility index (Phi) is 6.31. The number of carbonyl (C=O) groups is 1. The summed E-state index contributed by atoms with van der Waals surface area (Å²) < 4.78 is 3.12. The van der Waals surface area contributed by atoms with E-state index in [-0.39, 0.29) is 11.7 Å². The molecule has 0 saturated carbocycles. The van der Waals surface area contributed by atoms with Crippen LogP contribution in [0.2, 0.25) is 0 Å². The summed E-state index contributed by atoms with van der Waals surface area (Å²) >= 11 is 6.23. The fraction of sp³-hybridized carbons (Fsp3) is 0.143. The molecule has 1 N–H and O–H groups in total. The third kappa shape index (κ3) is 4.63. The molecule has 9 heteroatoms. The van der Waals surface area contributed by atoms with Crippen molar-refractivity contribution in [2.45, 2.75) is 19.0 Å². The number of para-hydroxylation sites is 1. The zero-order valence-corrected chi connectivity index (χ0v) is 19.5. The highest BCUT2D eigenvalue weighted by Crippen LogP contribution is 2.32. The van der Waals surface area contributed by atoms with Gasteiger partial charge in [0.15, 0.2) is 5.16 Å². The average molecular weight is 500 g/mol. The molecule has 2 aromatic heterocycles. The number of carbonyl (C=O) groups excluding carboxylic acids is 1. The minimum absolute atomic E-state index is 0.138. The molecule has 0 fully saturated rings. The second kappa shape index (κ2) is 9.11. The summed E-state index contributed by atoms with van der Waals surface area (Å²) in [6.45, 7) is 3.92. The van der Waals surface area contributed by atoms with Crippen LogP contribution >= 0.6 is 39.0 Å². The van der Waals surface area contributed by atoms with Gasteiger partial charge >= 0.3 is 0 Å². The molecule has 0 spiro atoms. The first-order valence-corrected chi connectivity index (χ1v) is 11.7. The minimum atomic E-state index is -0.138. The second-order valence-electron chi connectivity index (χ2n) is 6.52. The second-order valence-corrected chi connectivity index (χ2v) is 9.56. The van der Waals surface area contributed by atoms with Crippen molar-refractivity contribution in [2.24, 2.45) is 0 Å². The van der Waals surface area contributed by atoms with E-state index in [1.165, 1.54) is 23.1 Å². The molecule has 0 aliphatic rings. The lowest BCUT2D eigenvalue weighted by molar-refractivity contribution is -0.113. The average Bonchev–Trinajstić information content (AvgIpc) is 3.33. The van der Waals surface area contributed by atoms with Gasteiger partial charge in [0.05, 0.1) is 23.3 Å². The van der Waals surface area contributed by atoms with E-state index >= 15 is 0 Å². The lowest BCUT2D eigenvalue weighted by Crippen LogP contribution is -2.14. The quantitative estimate of drug-likeness (QED) is 0.354. The minimum Gasteiger partial charge on any atom is -0.300 e. The van der Waals surface area contributed by atoms with Crippen molar-refractivity contribution in [3.63, 3.8) is 0 Å². The largest absolute Gasteiger partial charge is 0.300 e. The number of aromatic nitrogens is 4. The monoisotopic (exact) mass is 499 g/mol. The van der Waals surface area contributed by atoms with Gasteiger partial charge in [0.2, 0.25) is 11.0 Å². The number of benzene rings is 2. The first-order valence-electron chi connectivity index (χ1n) is 9.13. The highest BCUT2D eigenvalue weighted by molar-refractivity contribution is 9.10. The standard InChI is InChI=1S/C21H18BrN5OS2/c1-13-5-3-4-6-17(13)27-18(15-7-9-16(22)10-8-15)11-23-21(27)29-12-19(28)24-20-26-25-14(2)30-20/h3-11H,12H2,1-2H3,(H,24,26,28). The molecule has 0 bridgehead atoms. The van der Waals surface area contributed by atoms with Gasteiger partial charge in [0, 0.05) is 10.0 Å². The third-order valence-electron chi connectivity index (χ3n) is 4.33. The summed E-state index contributed by atoms with van der Waals surface area (Å²) in [5.74, 6) is 0.0852. The van der Waals surface area contributed by atoms with Crippen molar-refractivity contribution in [1.82, 2.24) is 19.7 Å². The molecule has 0 saturated heterocycles. The van der Waals surface area contributed by atoms with Crippen LogP contribution in [0.5, 0.6) is 0 Å². The molecule has 0 unspecified atom stereocenters. The number of amides is 1. The van der Waals surface area contributed by atoms with Crippen molar-refractivity contribution in [2.75, 3.05) is 11.1 Å². The van der Waals surface area contributed by atoms with Gasteiger partial charge in [-0.05, 0) is 37.6 Å². The fourth-order valence-corrected chi connectivity index (χ4v) is 4.60. The molecular formula is C21H18BrN5OS2. The number of nitrogens with zero attached hydrogens (tertiary/aromatic N) is 4. The number of halogens is 1. The van der Waals surface area contributed by atoms with E-state index in [1.807, 2.05) is 37.4 Å². The first kappa shape index (κ1) is 20.8. The van der Waals surface area contributed by atoms with Crippen molar-refractivity contribution >= 4 is 50.1 Å². The molecule has 0 aliphatic heterocycles. The van der Waals surface area contributed by atoms with E-state index in [0.29, 0.717) is 5.13 Å². The van der Waals surface area contributed by atoms with Crippen LogP contribution < -0.4 is 5.32 Å². The van der Waals surface area contributed by atoms with E-state index in [2.05, 4.69) is 72.2 Å². The van der Waals surface area contributed by atoms with E-state index in [4.69, 9.17) is 0 Å². The Morgan fingerprint density at radius 3 is 2.60 bits per heavy atom. The molecule has 4 rings (SSSR count). The van der Waals surface area contributed by atoms with Crippen LogP contribution in [0.1, 0.15) is 10.6 Å². The summed E-state index contributed by atoms with van der Waals surface area (Å²) in [5.41, 5.74) is 4.19. The van der Waals surface area contributed by atoms with Crippen LogP contribution in [0.3, 0.4) is 0 Å². The predicted molar refractivity (Wildman–Crippen MR) is 125 cm³/mol. The van der Waals surface area contributed by atoms with Gasteiger partial charge in [-0.25, -0.2) is 4.98 Å². The maximum absolute atomic E-state index is 12.4. The summed E-state index contributed by atoms with van der Waals surface area (Å²) in [6, 6.07) is 16.3. The maximum Gasteiger partial charge on any atom is 0.236 e. The Bertz CT molecular complexity index is 1190. The molecule has 30 heavy (non-hydrogen) atoms. The fourth-order valence-electron chi connectivity index (χ4n) is 2.94. The van der Waals surface area contributed by atoms with E-state index in [0.717, 1.165) is 37.1 Å².